The van der Waals surface area contributed by atoms with Gasteiger partial charge in [-0.2, -0.15) is 0 Å². The third kappa shape index (κ3) is 3.58. The smallest absolute Gasteiger partial charge is 0.273 e. The van der Waals surface area contributed by atoms with E-state index in [0.29, 0.717) is 11.1 Å². The van der Waals surface area contributed by atoms with Crippen molar-refractivity contribution < 1.29 is 9.72 Å². The van der Waals surface area contributed by atoms with Crippen molar-refractivity contribution in [3.63, 3.8) is 0 Å². The number of nitrogens with two attached hydrogens (primary N) is 1. The number of benzene rings is 1. The van der Waals surface area contributed by atoms with Crippen molar-refractivity contribution in [1.29, 1.82) is 0 Å². The highest BCUT2D eigenvalue weighted by atomic mass is 16.6. The maximum atomic E-state index is 12.4. The Morgan fingerprint density at radius 1 is 1.33 bits per heavy atom. The number of carbonyl (C=O) groups is 1. The average molecular weight is 291 g/mol. The number of amides is 1. The molecule has 0 bridgehead atoms. The van der Waals surface area contributed by atoms with Crippen LogP contribution in [0.3, 0.4) is 0 Å². The van der Waals surface area contributed by atoms with Gasteiger partial charge in [-0.25, -0.2) is 0 Å². The van der Waals surface area contributed by atoms with E-state index in [1.54, 1.807) is 13.0 Å². The van der Waals surface area contributed by atoms with E-state index < -0.39 is 4.92 Å². The van der Waals surface area contributed by atoms with E-state index in [-0.39, 0.29) is 23.7 Å². The zero-order valence-corrected chi connectivity index (χ0v) is 12.2. The maximum absolute atomic E-state index is 12.4. The molecule has 1 aromatic rings. The molecular formula is C15H21N3O3. The summed E-state index contributed by atoms with van der Waals surface area (Å²) in [6, 6.07) is 4.45. The van der Waals surface area contributed by atoms with E-state index in [2.05, 4.69) is 5.32 Å². The van der Waals surface area contributed by atoms with Crippen LogP contribution < -0.4 is 11.1 Å². The summed E-state index contributed by atoms with van der Waals surface area (Å²) in [5.74, 6) is -0.279. The first-order valence-corrected chi connectivity index (χ1v) is 7.31. The normalized spacial score (nSPS) is 22.4. The molecule has 1 saturated carbocycles. The van der Waals surface area contributed by atoms with Crippen molar-refractivity contribution >= 4 is 11.6 Å². The number of nitro groups is 1. The van der Waals surface area contributed by atoms with Gasteiger partial charge in [-0.1, -0.05) is 25.3 Å². The summed E-state index contributed by atoms with van der Waals surface area (Å²) >= 11 is 0. The Morgan fingerprint density at radius 3 is 2.76 bits per heavy atom. The van der Waals surface area contributed by atoms with Gasteiger partial charge in [-0.05, 0) is 25.8 Å². The van der Waals surface area contributed by atoms with Crippen molar-refractivity contribution in [3.8, 4) is 0 Å². The van der Waals surface area contributed by atoms with E-state index in [9.17, 15) is 14.9 Å². The molecule has 2 unspecified atom stereocenters. The van der Waals surface area contributed by atoms with Crippen LogP contribution in [0, 0.1) is 17.0 Å². The van der Waals surface area contributed by atoms with Gasteiger partial charge in [0.1, 0.15) is 0 Å². The molecule has 6 heteroatoms. The molecule has 0 saturated heterocycles. The third-order valence-electron chi connectivity index (χ3n) is 4.13. The fourth-order valence-corrected chi connectivity index (χ4v) is 2.83. The van der Waals surface area contributed by atoms with Gasteiger partial charge in [-0.3, -0.25) is 14.9 Å². The summed E-state index contributed by atoms with van der Waals surface area (Å²) in [6.45, 7) is 1.60. The van der Waals surface area contributed by atoms with Crippen LogP contribution in [0.4, 0.5) is 5.69 Å². The van der Waals surface area contributed by atoms with Gasteiger partial charge in [-0.15, -0.1) is 0 Å². The van der Waals surface area contributed by atoms with Crippen molar-refractivity contribution in [3.05, 3.63) is 39.4 Å². The van der Waals surface area contributed by atoms with Gasteiger partial charge >= 0.3 is 0 Å². The Morgan fingerprint density at radius 2 is 2.05 bits per heavy atom. The summed E-state index contributed by atoms with van der Waals surface area (Å²) in [6.07, 6.45) is 5.03. The first-order valence-electron chi connectivity index (χ1n) is 7.31. The summed E-state index contributed by atoms with van der Waals surface area (Å²) in [5.41, 5.74) is 6.80. The predicted molar refractivity (Wildman–Crippen MR) is 80.1 cm³/mol. The molecule has 0 heterocycles. The van der Waals surface area contributed by atoms with Gasteiger partial charge in [0.05, 0.1) is 4.92 Å². The fraction of sp³-hybridized carbons (Fsp3) is 0.533. The molecule has 1 fully saturated rings. The SMILES string of the molecule is Cc1c(C(=O)NC2CCCCCC2N)cccc1[N+](=O)[O-]. The molecule has 114 valence electrons. The standard InChI is InChI=1S/C15H21N3O3/c1-10-11(6-5-9-14(10)18(20)21)15(19)17-13-8-4-2-3-7-12(13)16/h5-6,9,12-13H,2-4,7-8,16H2,1H3,(H,17,19). The highest BCUT2D eigenvalue weighted by Crippen LogP contribution is 2.22. The van der Waals surface area contributed by atoms with Crippen LogP contribution in [0.1, 0.15) is 48.0 Å². The Kier molecular flexibility index (Phi) is 4.90. The van der Waals surface area contributed by atoms with Crippen molar-refractivity contribution in [2.75, 3.05) is 0 Å². The third-order valence-corrected chi connectivity index (χ3v) is 4.13. The molecule has 3 N–H and O–H groups in total. The van der Waals surface area contributed by atoms with Crippen LogP contribution in [0.2, 0.25) is 0 Å². The van der Waals surface area contributed by atoms with Crippen LogP contribution in [-0.4, -0.2) is 22.9 Å². The van der Waals surface area contributed by atoms with Gasteiger partial charge in [0.25, 0.3) is 11.6 Å². The molecule has 1 aliphatic rings. The van der Waals surface area contributed by atoms with Gasteiger partial charge < -0.3 is 11.1 Å². The predicted octanol–water partition coefficient (Wildman–Crippen LogP) is 2.29. The molecule has 0 aliphatic heterocycles. The van der Waals surface area contributed by atoms with Crippen molar-refractivity contribution in [2.45, 2.75) is 51.1 Å². The summed E-state index contributed by atoms with van der Waals surface area (Å²) < 4.78 is 0. The summed E-state index contributed by atoms with van der Waals surface area (Å²) in [5, 5.41) is 13.9. The van der Waals surface area contributed by atoms with Crippen LogP contribution in [-0.2, 0) is 0 Å². The van der Waals surface area contributed by atoms with Gasteiger partial charge in [0.15, 0.2) is 0 Å². The fourth-order valence-electron chi connectivity index (χ4n) is 2.83. The van der Waals surface area contributed by atoms with Crippen molar-refractivity contribution in [1.82, 2.24) is 5.32 Å². The minimum absolute atomic E-state index is 0.0344. The van der Waals surface area contributed by atoms with Crippen LogP contribution in [0.5, 0.6) is 0 Å². The quantitative estimate of drug-likeness (QED) is 0.507. The molecule has 0 spiro atoms. The highest BCUT2D eigenvalue weighted by Gasteiger charge is 2.24. The zero-order valence-electron chi connectivity index (χ0n) is 12.2. The first kappa shape index (κ1) is 15.4. The second kappa shape index (κ2) is 6.67. The van der Waals surface area contributed by atoms with Crippen LogP contribution in [0.15, 0.2) is 18.2 Å². The Bertz CT molecular complexity index is 545. The molecule has 0 radical (unpaired) electrons. The van der Waals surface area contributed by atoms with Gasteiger partial charge in [0, 0.05) is 29.3 Å². The lowest BCUT2D eigenvalue weighted by molar-refractivity contribution is -0.385. The average Bonchev–Trinajstić information content (AvgIpc) is 2.64. The minimum Gasteiger partial charge on any atom is -0.348 e. The molecule has 2 atom stereocenters. The molecule has 1 aromatic carbocycles. The first-order chi connectivity index (χ1) is 10.0. The number of carbonyl (C=O) groups excluding carboxylic acids is 1. The molecular weight excluding hydrogens is 270 g/mol. The molecule has 1 aliphatic carbocycles. The lowest BCUT2D eigenvalue weighted by Crippen LogP contribution is -2.47. The summed E-state index contributed by atoms with van der Waals surface area (Å²) in [7, 11) is 0. The molecule has 6 nitrogen and oxygen atoms in total. The molecule has 21 heavy (non-hydrogen) atoms. The topological polar surface area (TPSA) is 98.3 Å². The van der Waals surface area contributed by atoms with Crippen LogP contribution >= 0.6 is 0 Å². The summed E-state index contributed by atoms with van der Waals surface area (Å²) in [4.78, 5) is 22.8. The Balaban J connectivity index is 2.16. The van der Waals surface area contributed by atoms with E-state index >= 15 is 0 Å². The lowest BCUT2D eigenvalue weighted by Gasteiger charge is -2.23. The van der Waals surface area contributed by atoms with E-state index in [4.69, 9.17) is 5.73 Å². The zero-order chi connectivity index (χ0) is 15.4. The number of nitrogens with one attached hydrogen (secondary N) is 1. The van der Waals surface area contributed by atoms with Gasteiger partial charge in [0.2, 0.25) is 0 Å². The number of hydrogen-bond donors (Lipinski definition) is 2. The Hall–Kier alpha value is -1.95. The second-order valence-corrected chi connectivity index (χ2v) is 5.59. The molecule has 0 aromatic heterocycles. The maximum Gasteiger partial charge on any atom is 0.273 e. The Labute approximate surface area is 123 Å². The molecule has 2 rings (SSSR count). The molecule has 1 amide bonds. The largest absolute Gasteiger partial charge is 0.348 e. The second-order valence-electron chi connectivity index (χ2n) is 5.59. The van der Waals surface area contributed by atoms with E-state index in [0.717, 1.165) is 32.1 Å². The number of nitrogens with zero attached hydrogens (tertiary/aromatic N) is 1. The lowest BCUT2D eigenvalue weighted by atomic mass is 10.0. The van der Waals surface area contributed by atoms with E-state index in [1.165, 1.54) is 12.1 Å². The van der Waals surface area contributed by atoms with Crippen LogP contribution in [0.25, 0.3) is 0 Å². The van der Waals surface area contributed by atoms with Crippen molar-refractivity contribution in [2.24, 2.45) is 5.73 Å². The monoisotopic (exact) mass is 291 g/mol. The number of nitro benzene ring substituents is 1. The highest BCUT2D eigenvalue weighted by molar-refractivity contribution is 5.96. The minimum atomic E-state index is -0.469. The van der Waals surface area contributed by atoms with E-state index in [1.807, 2.05) is 0 Å². The number of hydrogen-bond acceptors (Lipinski definition) is 4. The number of rotatable bonds is 3.